The number of carbonyl (C=O) groups excluding carboxylic acids is 1. The van der Waals surface area contributed by atoms with Crippen LogP contribution in [0.1, 0.15) is 22.5 Å². The molecular formula is C13H15N3O2S. The number of nitrogens with one attached hydrogen (secondary N) is 1. The van der Waals surface area contributed by atoms with E-state index in [0.717, 1.165) is 12.8 Å². The van der Waals surface area contributed by atoms with Gasteiger partial charge in [-0.3, -0.25) is 4.79 Å². The minimum Gasteiger partial charge on any atom is -0.462 e. The van der Waals surface area contributed by atoms with Crippen molar-refractivity contribution >= 4 is 17.2 Å². The van der Waals surface area contributed by atoms with Crippen molar-refractivity contribution in [2.45, 2.75) is 18.9 Å². The van der Waals surface area contributed by atoms with Gasteiger partial charge in [0.1, 0.15) is 4.88 Å². The number of amides is 1. The highest BCUT2D eigenvalue weighted by Crippen LogP contribution is 2.32. The van der Waals surface area contributed by atoms with Gasteiger partial charge in [-0.05, 0) is 30.9 Å². The number of nitrogens with zero attached hydrogens (tertiary/aromatic N) is 1. The Kier molecular flexibility index (Phi) is 3.35. The van der Waals surface area contributed by atoms with E-state index in [1.807, 2.05) is 6.07 Å². The molecule has 1 fully saturated rings. The zero-order valence-electron chi connectivity index (χ0n) is 10.3. The largest absolute Gasteiger partial charge is 0.462 e. The first-order valence-electron chi connectivity index (χ1n) is 6.28. The highest BCUT2D eigenvalue weighted by molar-refractivity contribution is 7.16. The van der Waals surface area contributed by atoms with E-state index in [9.17, 15) is 4.79 Å². The molecule has 0 aromatic carbocycles. The van der Waals surface area contributed by atoms with Crippen LogP contribution >= 0.6 is 11.3 Å². The van der Waals surface area contributed by atoms with Crippen molar-refractivity contribution in [3.8, 4) is 10.8 Å². The minimum absolute atomic E-state index is 0.0849. The molecule has 1 atom stereocenters. The van der Waals surface area contributed by atoms with Crippen LogP contribution < -0.4 is 11.1 Å². The number of rotatable bonds is 5. The number of hydrogen-bond acceptors (Lipinski definition) is 5. The Labute approximate surface area is 114 Å². The van der Waals surface area contributed by atoms with Crippen LogP contribution in [0.3, 0.4) is 0 Å². The molecule has 19 heavy (non-hydrogen) atoms. The lowest BCUT2D eigenvalue weighted by molar-refractivity contribution is 0.0937. The van der Waals surface area contributed by atoms with Gasteiger partial charge in [0.15, 0.2) is 10.8 Å². The van der Waals surface area contributed by atoms with E-state index in [2.05, 4.69) is 10.3 Å². The summed E-state index contributed by atoms with van der Waals surface area (Å²) in [5.41, 5.74) is 5.68. The third-order valence-electron chi connectivity index (χ3n) is 3.22. The van der Waals surface area contributed by atoms with Crippen molar-refractivity contribution in [3.63, 3.8) is 0 Å². The summed E-state index contributed by atoms with van der Waals surface area (Å²) in [4.78, 5) is 16.9. The maximum atomic E-state index is 12.1. The number of furan rings is 1. The van der Waals surface area contributed by atoms with Gasteiger partial charge in [-0.2, -0.15) is 0 Å². The van der Waals surface area contributed by atoms with Crippen molar-refractivity contribution in [1.82, 2.24) is 10.3 Å². The molecule has 0 spiro atoms. The summed E-state index contributed by atoms with van der Waals surface area (Å²) in [5.74, 6) is 1.13. The predicted molar refractivity (Wildman–Crippen MR) is 72.8 cm³/mol. The fourth-order valence-corrected chi connectivity index (χ4v) is 2.79. The Morgan fingerprint density at radius 3 is 3.11 bits per heavy atom. The van der Waals surface area contributed by atoms with Gasteiger partial charge in [0.05, 0.1) is 12.5 Å². The van der Waals surface area contributed by atoms with Gasteiger partial charge in [0, 0.05) is 12.6 Å². The van der Waals surface area contributed by atoms with Gasteiger partial charge in [0.25, 0.3) is 5.91 Å². The molecule has 0 bridgehead atoms. The second-order valence-electron chi connectivity index (χ2n) is 4.66. The fourth-order valence-electron chi connectivity index (χ4n) is 2.00. The van der Waals surface area contributed by atoms with Crippen molar-refractivity contribution in [3.05, 3.63) is 29.5 Å². The Balaban J connectivity index is 1.70. The molecule has 0 radical (unpaired) electrons. The number of thiazole rings is 1. The van der Waals surface area contributed by atoms with Crippen LogP contribution in [-0.2, 0) is 0 Å². The molecule has 1 amide bonds. The third kappa shape index (κ3) is 2.69. The summed E-state index contributed by atoms with van der Waals surface area (Å²) in [6, 6.07) is 3.71. The molecule has 1 saturated carbocycles. The molecule has 2 aromatic rings. The number of aromatic nitrogens is 1. The van der Waals surface area contributed by atoms with Gasteiger partial charge in [-0.25, -0.2) is 4.98 Å². The molecule has 100 valence electrons. The molecule has 0 aliphatic heterocycles. The first-order chi connectivity index (χ1) is 9.28. The molecule has 1 unspecified atom stereocenters. The summed E-state index contributed by atoms with van der Waals surface area (Å²) in [6.45, 7) is 0.486. The van der Waals surface area contributed by atoms with Crippen molar-refractivity contribution in [2.24, 2.45) is 11.7 Å². The van der Waals surface area contributed by atoms with Crippen LogP contribution in [-0.4, -0.2) is 23.5 Å². The Bertz CT molecular complexity index is 560. The summed E-state index contributed by atoms with van der Waals surface area (Å²) >= 11 is 1.33. The maximum Gasteiger partial charge on any atom is 0.263 e. The molecule has 2 heterocycles. The summed E-state index contributed by atoms with van der Waals surface area (Å²) in [6.07, 6.45) is 5.48. The third-order valence-corrected chi connectivity index (χ3v) is 4.23. The maximum absolute atomic E-state index is 12.1. The van der Waals surface area contributed by atoms with Crippen molar-refractivity contribution in [2.75, 3.05) is 6.54 Å². The number of carbonyl (C=O) groups is 1. The van der Waals surface area contributed by atoms with Crippen molar-refractivity contribution in [1.29, 1.82) is 0 Å². The van der Waals surface area contributed by atoms with Gasteiger partial charge < -0.3 is 15.5 Å². The summed E-state index contributed by atoms with van der Waals surface area (Å²) < 4.78 is 5.26. The van der Waals surface area contributed by atoms with E-state index < -0.39 is 0 Å². The van der Waals surface area contributed by atoms with Crippen LogP contribution in [0.25, 0.3) is 10.8 Å². The lowest BCUT2D eigenvalue weighted by Crippen LogP contribution is -2.41. The molecule has 1 aliphatic carbocycles. The Hall–Kier alpha value is -1.66. The number of hydrogen-bond donors (Lipinski definition) is 2. The van der Waals surface area contributed by atoms with E-state index >= 15 is 0 Å². The molecule has 3 rings (SSSR count). The molecule has 3 N–H and O–H groups in total. The summed E-state index contributed by atoms with van der Waals surface area (Å²) in [5, 5.41) is 3.69. The molecular weight excluding hydrogens is 262 g/mol. The lowest BCUT2D eigenvalue weighted by atomic mass is 10.2. The van der Waals surface area contributed by atoms with E-state index in [4.69, 9.17) is 10.2 Å². The molecule has 0 saturated heterocycles. The fraction of sp³-hybridized carbons (Fsp3) is 0.385. The highest BCUT2D eigenvalue weighted by atomic mass is 32.1. The van der Waals surface area contributed by atoms with E-state index in [-0.39, 0.29) is 11.9 Å². The standard InChI is InChI=1S/C13H15N3O2S/c14-6-9(8-3-4-8)16-12(17)11-7-15-13(19-11)10-2-1-5-18-10/h1-2,5,7-9H,3-4,6,14H2,(H,16,17). The average molecular weight is 277 g/mol. The van der Waals surface area contributed by atoms with Crippen molar-refractivity contribution < 1.29 is 9.21 Å². The van der Waals surface area contributed by atoms with E-state index in [1.165, 1.54) is 11.3 Å². The van der Waals surface area contributed by atoms with Crippen LogP contribution in [0, 0.1) is 5.92 Å². The predicted octanol–water partition coefficient (Wildman–Crippen LogP) is 1.87. The topological polar surface area (TPSA) is 81.1 Å². The van der Waals surface area contributed by atoms with Crippen LogP contribution in [0.2, 0.25) is 0 Å². The monoisotopic (exact) mass is 277 g/mol. The van der Waals surface area contributed by atoms with E-state index in [0.29, 0.717) is 28.1 Å². The lowest BCUT2D eigenvalue weighted by Gasteiger charge is -2.14. The summed E-state index contributed by atoms with van der Waals surface area (Å²) in [7, 11) is 0. The minimum atomic E-state index is -0.0994. The molecule has 1 aliphatic rings. The van der Waals surface area contributed by atoms with Crippen LogP contribution in [0.5, 0.6) is 0 Å². The molecule has 6 heteroatoms. The first kappa shape index (κ1) is 12.4. The number of nitrogens with two attached hydrogens (primary N) is 1. The Morgan fingerprint density at radius 2 is 2.47 bits per heavy atom. The smallest absolute Gasteiger partial charge is 0.263 e. The highest BCUT2D eigenvalue weighted by Gasteiger charge is 2.31. The van der Waals surface area contributed by atoms with Gasteiger partial charge in [-0.15, -0.1) is 11.3 Å². The van der Waals surface area contributed by atoms with Crippen LogP contribution in [0.4, 0.5) is 0 Å². The SMILES string of the molecule is NCC(NC(=O)c1cnc(-c2ccco2)s1)C1CC1. The zero-order valence-corrected chi connectivity index (χ0v) is 11.2. The van der Waals surface area contributed by atoms with Gasteiger partial charge in [-0.1, -0.05) is 0 Å². The van der Waals surface area contributed by atoms with Crippen LogP contribution in [0.15, 0.2) is 29.0 Å². The molecule has 5 nitrogen and oxygen atoms in total. The quantitative estimate of drug-likeness (QED) is 0.874. The average Bonchev–Trinajstić information content (AvgIpc) is 2.95. The normalized spacial score (nSPS) is 16.3. The molecule has 2 aromatic heterocycles. The van der Waals surface area contributed by atoms with Gasteiger partial charge in [0.2, 0.25) is 0 Å². The first-order valence-corrected chi connectivity index (χ1v) is 7.10. The second kappa shape index (κ2) is 5.14. The zero-order chi connectivity index (χ0) is 13.2. The van der Waals surface area contributed by atoms with E-state index in [1.54, 1.807) is 18.5 Å². The van der Waals surface area contributed by atoms with Gasteiger partial charge >= 0.3 is 0 Å². The Morgan fingerprint density at radius 1 is 1.63 bits per heavy atom. The second-order valence-corrected chi connectivity index (χ2v) is 5.69.